The molecule has 5 heteroatoms. The summed E-state index contributed by atoms with van der Waals surface area (Å²) in [5, 5.41) is 13.2. The van der Waals surface area contributed by atoms with Crippen LogP contribution in [0.5, 0.6) is 0 Å². The van der Waals surface area contributed by atoms with E-state index in [2.05, 4.69) is 0 Å². The molecule has 2 aromatic heterocycles. The van der Waals surface area contributed by atoms with Crippen molar-refractivity contribution < 1.29 is 9.15 Å². The molecule has 0 atom stereocenters. The number of nitrogens with zero attached hydrogens (tertiary/aromatic N) is 1. The Labute approximate surface area is 132 Å². The van der Waals surface area contributed by atoms with Gasteiger partial charge in [0.1, 0.15) is 5.58 Å². The Morgan fingerprint density at radius 3 is 2.82 bits per heavy atom. The van der Waals surface area contributed by atoms with Crippen LogP contribution in [0.1, 0.15) is 16.7 Å². The first-order valence-electron chi connectivity index (χ1n) is 6.90. The zero-order valence-electron chi connectivity index (χ0n) is 12.3. The van der Waals surface area contributed by atoms with Crippen molar-refractivity contribution >= 4 is 22.7 Å². The third kappa shape index (κ3) is 2.72. The van der Waals surface area contributed by atoms with E-state index in [4.69, 9.17) is 4.42 Å². The van der Waals surface area contributed by atoms with Gasteiger partial charge in [-0.25, -0.2) is 4.79 Å². The quantitative estimate of drug-likeness (QED) is 0.322. The summed E-state index contributed by atoms with van der Waals surface area (Å²) in [7, 11) is 0. The predicted octanol–water partition coefficient (Wildman–Crippen LogP) is 3.34. The van der Waals surface area contributed by atoms with Gasteiger partial charge >= 0.3 is 5.63 Å². The Morgan fingerprint density at radius 2 is 2.05 bits per heavy atom. The summed E-state index contributed by atoms with van der Waals surface area (Å²) in [6, 6.07) is 10.8. The molecule has 22 heavy (non-hydrogen) atoms. The van der Waals surface area contributed by atoms with E-state index in [1.54, 1.807) is 12.1 Å². The predicted molar refractivity (Wildman–Crippen MR) is 86.9 cm³/mol. The fourth-order valence-electron chi connectivity index (χ4n) is 2.32. The number of fused-ring (bicyclic) bond motifs is 1. The van der Waals surface area contributed by atoms with Crippen LogP contribution in [0.15, 0.2) is 56.8 Å². The summed E-state index contributed by atoms with van der Waals surface area (Å²) < 4.78 is 6.18. The monoisotopic (exact) mass is 313 g/mol. The summed E-state index contributed by atoms with van der Waals surface area (Å²) in [6.45, 7) is 3.93. The minimum absolute atomic E-state index is 0.361. The summed E-state index contributed by atoms with van der Waals surface area (Å²) >= 11 is 1.40. The molecule has 4 nitrogen and oxygen atoms in total. The molecule has 0 fully saturated rings. The molecule has 0 saturated heterocycles. The molecule has 0 aliphatic rings. The van der Waals surface area contributed by atoms with Crippen molar-refractivity contribution in [2.75, 3.05) is 0 Å². The van der Waals surface area contributed by atoms with Crippen molar-refractivity contribution in [1.82, 2.24) is 0 Å². The molecule has 0 saturated carbocycles. The van der Waals surface area contributed by atoms with E-state index in [0.29, 0.717) is 16.4 Å². The molecule has 3 aromatic rings. The molecular formula is C17H15NO3S. The van der Waals surface area contributed by atoms with Gasteiger partial charge in [0.2, 0.25) is 0 Å². The second-order valence-corrected chi connectivity index (χ2v) is 6.12. The lowest BCUT2D eigenvalue weighted by Gasteiger charge is -2.08. The third-order valence-corrected chi connectivity index (χ3v) is 4.75. The molecule has 0 spiro atoms. The van der Waals surface area contributed by atoms with E-state index < -0.39 is 0 Å². The van der Waals surface area contributed by atoms with Crippen molar-refractivity contribution in [2.45, 2.75) is 24.6 Å². The minimum Gasteiger partial charge on any atom is -0.618 e. The molecule has 112 valence electrons. The number of hydrogen-bond acceptors (Lipinski definition) is 4. The zero-order valence-corrected chi connectivity index (χ0v) is 13.1. The molecule has 0 bridgehead atoms. The molecular weight excluding hydrogens is 298 g/mol. The second kappa shape index (κ2) is 5.85. The van der Waals surface area contributed by atoms with Crippen molar-refractivity contribution in [1.29, 1.82) is 0 Å². The minimum atomic E-state index is -0.361. The van der Waals surface area contributed by atoms with Crippen molar-refractivity contribution in [3.63, 3.8) is 0 Å². The van der Waals surface area contributed by atoms with E-state index in [1.165, 1.54) is 24.0 Å². The lowest BCUT2D eigenvalue weighted by molar-refractivity contribution is -0.645. The fourth-order valence-corrected chi connectivity index (χ4v) is 3.23. The standard InChI is InChI=1S/C17H15NO3S/c1-11-6-7-14-13(9-16(19)21-17(14)12(11)2)10-22-15-5-3-4-8-18(15)20/h3-9H,10H2,1-2H3. The lowest BCUT2D eigenvalue weighted by Crippen LogP contribution is -2.27. The fraction of sp³-hybridized carbons (Fsp3) is 0.176. The average Bonchev–Trinajstić information content (AvgIpc) is 2.50. The van der Waals surface area contributed by atoms with Gasteiger partial charge in [0.15, 0.2) is 6.20 Å². The molecule has 0 amide bonds. The highest BCUT2D eigenvalue weighted by Crippen LogP contribution is 2.27. The van der Waals surface area contributed by atoms with E-state index in [9.17, 15) is 10.0 Å². The Balaban J connectivity index is 2.02. The highest BCUT2D eigenvalue weighted by molar-refractivity contribution is 7.98. The summed E-state index contributed by atoms with van der Waals surface area (Å²) in [4.78, 5) is 11.8. The van der Waals surface area contributed by atoms with Crippen molar-refractivity contribution in [2.24, 2.45) is 0 Å². The van der Waals surface area contributed by atoms with Gasteiger partial charge in [-0.1, -0.05) is 23.9 Å². The maximum Gasteiger partial charge on any atom is 0.336 e. The largest absolute Gasteiger partial charge is 0.618 e. The number of thioether (sulfide) groups is 1. The van der Waals surface area contributed by atoms with Crippen molar-refractivity contribution in [3.8, 4) is 0 Å². The average molecular weight is 313 g/mol. The van der Waals surface area contributed by atoms with Crippen LogP contribution in [0.4, 0.5) is 0 Å². The van der Waals surface area contributed by atoms with Gasteiger partial charge in [-0.15, -0.1) is 0 Å². The topological polar surface area (TPSA) is 57.1 Å². The van der Waals surface area contributed by atoms with Gasteiger partial charge in [0.25, 0.3) is 5.03 Å². The molecule has 3 rings (SSSR count). The van der Waals surface area contributed by atoms with Gasteiger partial charge < -0.3 is 9.62 Å². The number of hydrogen-bond donors (Lipinski definition) is 0. The van der Waals surface area contributed by atoms with Gasteiger partial charge in [0, 0.05) is 29.3 Å². The first kappa shape index (κ1) is 14.7. The Bertz CT molecular complexity index is 902. The first-order valence-corrected chi connectivity index (χ1v) is 7.89. The number of aryl methyl sites for hydroxylation is 2. The highest BCUT2D eigenvalue weighted by Gasteiger charge is 2.12. The normalized spacial score (nSPS) is 11.0. The van der Waals surface area contributed by atoms with Gasteiger partial charge in [0.05, 0.1) is 0 Å². The summed E-state index contributed by atoms with van der Waals surface area (Å²) in [5.74, 6) is 0.539. The lowest BCUT2D eigenvalue weighted by atomic mass is 10.0. The Hall–Kier alpha value is -2.27. The maximum atomic E-state index is 11.8. The van der Waals surface area contributed by atoms with Crippen LogP contribution in [-0.2, 0) is 5.75 Å². The zero-order chi connectivity index (χ0) is 15.7. The third-order valence-electron chi connectivity index (χ3n) is 3.68. The smallest absolute Gasteiger partial charge is 0.336 e. The molecule has 0 aliphatic carbocycles. The van der Waals surface area contributed by atoms with Crippen LogP contribution in [-0.4, -0.2) is 0 Å². The Morgan fingerprint density at radius 1 is 1.23 bits per heavy atom. The maximum absolute atomic E-state index is 11.8. The van der Waals surface area contributed by atoms with Crippen molar-refractivity contribution in [3.05, 3.63) is 74.9 Å². The van der Waals surface area contributed by atoms with E-state index in [0.717, 1.165) is 26.8 Å². The van der Waals surface area contributed by atoms with Crippen LogP contribution in [0.3, 0.4) is 0 Å². The van der Waals surface area contributed by atoms with Crippen LogP contribution >= 0.6 is 11.8 Å². The van der Waals surface area contributed by atoms with E-state index in [1.807, 2.05) is 32.0 Å². The SMILES string of the molecule is Cc1ccc2c(CSc3cccc[n+]3[O-])cc(=O)oc2c1C. The van der Waals surface area contributed by atoms with E-state index in [-0.39, 0.29) is 5.63 Å². The first-order chi connectivity index (χ1) is 10.6. The number of rotatable bonds is 3. The summed E-state index contributed by atoms with van der Waals surface area (Å²) in [5.41, 5.74) is 3.20. The summed E-state index contributed by atoms with van der Waals surface area (Å²) in [6.07, 6.45) is 1.47. The number of pyridine rings is 1. The van der Waals surface area contributed by atoms with E-state index >= 15 is 0 Å². The molecule has 0 aliphatic heterocycles. The van der Waals surface area contributed by atoms with Gasteiger partial charge in [-0.05, 0) is 36.6 Å². The van der Waals surface area contributed by atoms with Gasteiger partial charge in [-0.2, -0.15) is 4.73 Å². The van der Waals surface area contributed by atoms with Crippen LogP contribution < -0.4 is 10.4 Å². The molecule has 2 heterocycles. The van der Waals surface area contributed by atoms with Gasteiger partial charge in [-0.3, -0.25) is 0 Å². The van der Waals surface area contributed by atoms with Crippen LogP contribution in [0.25, 0.3) is 11.0 Å². The highest BCUT2D eigenvalue weighted by atomic mass is 32.2. The molecule has 1 aromatic carbocycles. The molecule has 0 unspecified atom stereocenters. The molecule has 0 radical (unpaired) electrons. The second-order valence-electron chi connectivity index (χ2n) is 5.13. The number of benzene rings is 1. The van der Waals surface area contributed by atoms with Crippen LogP contribution in [0, 0.1) is 19.1 Å². The van der Waals surface area contributed by atoms with Crippen LogP contribution in [0.2, 0.25) is 0 Å². The molecule has 0 N–H and O–H groups in total. The Kier molecular flexibility index (Phi) is 3.90. The number of aromatic nitrogens is 1.